The summed E-state index contributed by atoms with van der Waals surface area (Å²) in [5, 5.41) is 10.6. The zero-order valence-corrected chi connectivity index (χ0v) is 17.2. The monoisotopic (exact) mass is 406 g/mol. The molecule has 0 bridgehead atoms. The Morgan fingerprint density at radius 3 is 2.47 bits per heavy atom. The van der Waals surface area contributed by atoms with E-state index in [0.717, 1.165) is 47.0 Å². The molecule has 1 aliphatic rings. The number of urea groups is 1. The van der Waals surface area contributed by atoms with Crippen LogP contribution in [0.2, 0.25) is 0 Å². The van der Waals surface area contributed by atoms with Gasteiger partial charge in [-0.1, -0.05) is 18.2 Å². The molecule has 0 aliphatic carbocycles. The van der Waals surface area contributed by atoms with Crippen LogP contribution in [-0.4, -0.2) is 48.4 Å². The molecule has 7 heteroatoms. The van der Waals surface area contributed by atoms with Crippen molar-refractivity contribution in [2.24, 2.45) is 0 Å². The number of amides is 2. The number of piperidine rings is 1. The molecule has 0 radical (unpaired) electrons. The third-order valence-electron chi connectivity index (χ3n) is 5.51. The van der Waals surface area contributed by atoms with Crippen LogP contribution >= 0.6 is 0 Å². The molecule has 1 aromatic heterocycles. The van der Waals surface area contributed by atoms with Crippen molar-refractivity contribution < 1.29 is 14.3 Å². The van der Waals surface area contributed by atoms with Crippen LogP contribution in [0.25, 0.3) is 11.3 Å². The molecule has 2 amide bonds. The number of carbonyl (C=O) groups excluding carboxylic acids is 1. The number of aromatic nitrogens is 2. The number of aromatic amines is 1. The van der Waals surface area contributed by atoms with E-state index in [0.29, 0.717) is 19.0 Å². The van der Waals surface area contributed by atoms with Crippen LogP contribution in [0.4, 0.5) is 10.5 Å². The predicted octanol–water partition coefficient (Wildman–Crippen LogP) is 4.51. The van der Waals surface area contributed by atoms with Crippen LogP contribution in [-0.2, 0) is 0 Å². The number of benzene rings is 2. The molecular formula is C23H26N4O3. The van der Waals surface area contributed by atoms with Crippen molar-refractivity contribution in [3.8, 4) is 22.8 Å². The minimum absolute atomic E-state index is 0.0802. The molecule has 1 fully saturated rings. The SMILES string of the molecule is COc1cccc(NC(=O)N2CCC(c3cc(-c4cccc(OC)c4)n[nH]3)CC2)c1. The van der Waals surface area contributed by atoms with Crippen LogP contribution in [0.15, 0.2) is 54.6 Å². The van der Waals surface area contributed by atoms with Crippen molar-refractivity contribution in [1.82, 2.24) is 15.1 Å². The quantitative estimate of drug-likeness (QED) is 0.654. The Hall–Kier alpha value is -3.48. The van der Waals surface area contributed by atoms with E-state index >= 15 is 0 Å². The van der Waals surface area contributed by atoms with Gasteiger partial charge in [0.2, 0.25) is 0 Å². The van der Waals surface area contributed by atoms with Gasteiger partial charge in [-0.3, -0.25) is 5.10 Å². The molecule has 156 valence electrons. The Kier molecular flexibility index (Phi) is 5.88. The first-order chi connectivity index (χ1) is 14.7. The van der Waals surface area contributed by atoms with Crippen LogP contribution in [0.1, 0.15) is 24.5 Å². The number of hydrogen-bond donors (Lipinski definition) is 2. The summed E-state index contributed by atoms with van der Waals surface area (Å²) in [4.78, 5) is 14.5. The first-order valence-corrected chi connectivity index (χ1v) is 10.1. The molecule has 0 spiro atoms. The lowest BCUT2D eigenvalue weighted by atomic mass is 9.93. The largest absolute Gasteiger partial charge is 0.497 e. The maximum atomic E-state index is 12.6. The average Bonchev–Trinajstić information content (AvgIpc) is 3.30. The van der Waals surface area contributed by atoms with Crippen LogP contribution in [0.3, 0.4) is 0 Å². The predicted molar refractivity (Wildman–Crippen MR) is 116 cm³/mol. The summed E-state index contributed by atoms with van der Waals surface area (Å²) in [6.45, 7) is 1.40. The molecule has 2 N–H and O–H groups in total. The van der Waals surface area contributed by atoms with Gasteiger partial charge in [0, 0.05) is 42.0 Å². The molecule has 2 aromatic carbocycles. The van der Waals surface area contributed by atoms with E-state index in [1.54, 1.807) is 14.2 Å². The highest BCUT2D eigenvalue weighted by atomic mass is 16.5. The Labute approximate surface area is 176 Å². The zero-order chi connectivity index (χ0) is 20.9. The summed E-state index contributed by atoms with van der Waals surface area (Å²) in [5.41, 5.74) is 3.77. The fourth-order valence-corrected chi connectivity index (χ4v) is 3.77. The number of H-pyrrole nitrogens is 1. The standard InChI is InChI=1S/C23H26N4O3/c1-29-19-7-3-5-17(13-19)22-15-21(25-26-22)16-9-11-27(12-10-16)23(28)24-18-6-4-8-20(14-18)30-2/h3-8,13-16H,9-12H2,1-2H3,(H,24,28)(H,25,26). The minimum Gasteiger partial charge on any atom is -0.497 e. The van der Waals surface area contributed by atoms with E-state index in [9.17, 15) is 4.79 Å². The highest BCUT2D eigenvalue weighted by molar-refractivity contribution is 5.89. The van der Waals surface area contributed by atoms with E-state index < -0.39 is 0 Å². The van der Waals surface area contributed by atoms with Crippen LogP contribution in [0.5, 0.6) is 11.5 Å². The number of carbonyl (C=O) groups is 1. The molecule has 2 heterocycles. The second kappa shape index (κ2) is 8.90. The second-order valence-corrected chi connectivity index (χ2v) is 7.36. The summed E-state index contributed by atoms with van der Waals surface area (Å²) in [5.74, 6) is 1.89. The lowest BCUT2D eigenvalue weighted by molar-refractivity contribution is 0.194. The third-order valence-corrected chi connectivity index (χ3v) is 5.51. The minimum atomic E-state index is -0.0802. The van der Waals surface area contributed by atoms with Gasteiger partial charge in [-0.05, 0) is 43.2 Å². The van der Waals surface area contributed by atoms with Crippen molar-refractivity contribution >= 4 is 11.7 Å². The molecular weight excluding hydrogens is 380 g/mol. The summed E-state index contributed by atoms with van der Waals surface area (Å²) in [6.07, 6.45) is 1.79. The number of methoxy groups -OCH3 is 2. The normalized spacial score (nSPS) is 14.4. The molecule has 4 rings (SSSR count). The molecule has 3 aromatic rings. The highest BCUT2D eigenvalue weighted by Crippen LogP contribution is 2.30. The zero-order valence-electron chi connectivity index (χ0n) is 17.2. The van der Waals surface area contributed by atoms with Gasteiger partial charge in [-0.25, -0.2) is 4.79 Å². The van der Waals surface area contributed by atoms with Gasteiger partial charge < -0.3 is 19.7 Å². The fourth-order valence-electron chi connectivity index (χ4n) is 3.77. The van der Waals surface area contributed by atoms with E-state index in [4.69, 9.17) is 9.47 Å². The Morgan fingerprint density at radius 1 is 1.03 bits per heavy atom. The fraction of sp³-hybridized carbons (Fsp3) is 0.304. The van der Waals surface area contributed by atoms with Gasteiger partial charge in [0.1, 0.15) is 11.5 Å². The number of hydrogen-bond acceptors (Lipinski definition) is 4. The number of nitrogens with zero attached hydrogens (tertiary/aromatic N) is 2. The van der Waals surface area contributed by atoms with Gasteiger partial charge in [0.05, 0.1) is 19.9 Å². The van der Waals surface area contributed by atoms with Crippen molar-refractivity contribution in [2.75, 3.05) is 32.6 Å². The van der Waals surface area contributed by atoms with Gasteiger partial charge in [0.15, 0.2) is 0 Å². The molecule has 0 saturated carbocycles. The van der Waals surface area contributed by atoms with Gasteiger partial charge >= 0.3 is 6.03 Å². The summed E-state index contributed by atoms with van der Waals surface area (Å²) in [6, 6.07) is 17.3. The van der Waals surface area contributed by atoms with E-state index in [1.807, 2.05) is 53.4 Å². The number of anilines is 1. The maximum Gasteiger partial charge on any atom is 0.321 e. The summed E-state index contributed by atoms with van der Waals surface area (Å²) in [7, 11) is 3.27. The van der Waals surface area contributed by atoms with Gasteiger partial charge in [-0.2, -0.15) is 5.10 Å². The van der Waals surface area contributed by atoms with Crippen molar-refractivity contribution in [2.45, 2.75) is 18.8 Å². The molecule has 0 atom stereocenters. The number of ether oxygens (including phenoxy) is 2. The van der Waals surface area contributed by atoms with Gasteiger partial charge in [0.25, 0.3) is 0 Å². The topological polar surface area (TPSA) is 79.5 Å². The Bertz CT molecular complexity index is 1010. The van der Waals surface area contributed by atoms with E-state index in [2.05, 4.69) is 21.6 Å². The maximum absolute atomic E-state index is 12.6. The molecule has 0 unspecified atom stereocenters. The van der Waals surface area contributed by atoms with Crippen molar-refractivity contribution in [1.29, 1.82) is 0 Å². The number of likely N-dealkylation sites (tertiary alicyclic amines) is 1. The molecule has 7 nitrogen and oxygen atoms in total. The molecule has 30 heavy (non-hydrogen) atoms. The van der Waals surface area contributed by atoms with Crippen LogP contribution in [0, 0.1) is 0 Å². The van der Waals surface area contributed by atoms with Crippen molar-refractivity contribution in [3.63, 3.8) is 0 Å². The Balaban J connectivity index is 1.35. The van der Waals surface area contributed by atoms with E-state index in [1.165, 1.54) is 0 Å². The average molecular weight is 406 g/mol. The summed E-state index contributed by atoms with van der Waals surface area (Å²) >= 11 is 0. The molecule has 1 saturated heterocycles. The lowest BCUT2D eigenvalue weighted by Gasteiger charge is -2.31. The first-order valence-electron chi connectivity index (χ1n) is 10.1. The number of rotatable bonds is 5. The van der Waals surface area contributed by atoms with E-state index in [-0.39, 0.29) is 6.03 Å². The Morgan fingerprint density at radius 2 is 1.73 bits per heavy atom. The van der Waals surface area contributed by atoms with Gasteiger partial charge in [-0.15, -0.1) is 0 Å². The summed E-state index contributed by atoms with van der Waals surface area (Å²) < 4.78 is 10.5. The molecule has 1 aliphatic heterocycles. The van der Waals surface area contributed by atoms with Crippen LogP contribution < -0.4 is 14.8 Å². The first kappa shape index (κ1) is 19.8. The smallest absolute Gasteiger partial charge is 0.321 e. The lowest BCUT2D eigenvalue weighted by Crippen LogP contribution is -2.40. The van der Waals surface area contributed by atoms with Crippen molar-refractivity contribution in [3.05, 3.63) is 60.3 Å². The highest BCUT2D eigenvalue weighted by Gasteiger charge is 2.25. The number of nitrogens with one attached hydrogen (secondary N) is 2. The third kappa shape index (κ3) is 4.40. The second-order valence-electron chi connectivity index (χ2n) is 7.36.